The van der Waals surface area contributed by atoms with Gasteiger partial charge in [-0.05, 0) is 12.8 Å². The van der Waals surface area contributed by atoms with E-state index in [1.807, 2.05) is 31.2 Å². The van der Waals surface area contributed by atoms with Crippen molar-refractivity contribution in [3.63, 3.8) is 0 Å². The highest BCUT2D eigenvalue weighted by Crippen LogP contribution is 2.53. The molecule has 0 aromatic carbocycles. The van der Waals surface area contributed by atoms with E-state index < -0.39 is 18.3 Å². The van der Waals surface area contributed by atoms with Crippen LogP contribution in [0.1, 0.15) is 33.1 Å². The molecule has 2 aliphatic heterocycles. The molecule has 2 heterocycles. The average Bonchev–Trinajstić information content (AvgIpc) is 3.09. The highest BCUT2D eigenvalue weighted by atomic mass is 16.5. The molecule has 31 heavy (non-hydrogen) atoms. The zero-order chi connectivity index (χ0) is 22.1. The molecular formula is C25H33NO5. The van der Waals surface area contributed by atoms with Crippen molar-refractivity contribution in [3.05, 3.63) is 48.1 Å². The Morgan fingerprint density at radius 2 is 1.84 bits per heavy atom. The topological polar surface area (TPSA) is 95.9 Å². The summed E-state index contributed by atoms with van der Waals surface area (Å²) in [6.45, 7) is 4.57. The van der Waals surface area contributed by atoms with Crippen LogP contribution in [-0.4, -0.2) is 52.9 Å². The summed E-state index contributed by atoms with van der Waals surface area (Å²) in [5.41, 5.74) is 1.15. The first-order valence-electron chi connectivity index (χ1n) is 11.3. The van der Waals surface area contributed by atoms with Gasteiger partial charge in [0, 0.05) is 43.1 Å². The van der Waals surface area contributed by atoms with E-state index in [9.17, 15) is 19.8 Å². The highest BCUT2D eigenvalue weighted by Gasteiger charge is 2.58. The Morgan fingerprint density at radius 3 is 2.65 bits per heavy atom. The number of amides is 1. The number of rotatable bonds is 0. The van der Waals surface area contributed by atoms with Gasteiger partial charge in [-0.25, -0.2) is 0 Å². The fourth-order valence-electron chi connectivity index (χ4n) is 5.73. The molecule has 0 aromatic heterocycles. The van der Waals surface area contributed by atoms with Gasteiger partial charge in [-0.1, -0.05) is 55.0 Å². The Hall–Kier alpha value is -2.02. The summed E-state index contributed by atoms with van der Waals surface area (Å²) in [7, 11) is 0. The van der Waals surface area contributed by atoms with Crippen molar-refractivity contribution in [1.29, 1.82) is 0 Å². The summed E-state index contributed by atoms with van der Waals surface area (Å²) in [4.78, 5) is 25.0. The molecule has 0 aromatic rings. The Labute approximate surface area is 183 Å². The molecule has 0 radical (unpaired) electrons. The smallest absolute Gasteiger partial charge is 0.227 e. The van der Waals surface area contributed by atoms with Gasteiger partial charge in [0.1, 0.15) is 5.78 Å². The molecule has 0 bridgehead atoms. The first-order valence-corrected chi connectivity index (χ1v) is 11.3. The Bertz CT molecular complexity index is 828. The minimum Gasteiger partial charge on any atom is -0.392 e. The number of aliphatic hydroxyl groups is 2. The summed E-state index contributed by atoms with van der Waals surface area (Å²) in [6, 6.07) is 0. The van der Waals surface area contributed by atoms with Crippen molar-refractivity contribution < 1.29 is 24.5 Å². The van der Waals surface area contributed by atoms with Crippen molar-refractivity contribution in [3.8, 4) is 0 Å². The largest absolute Gasteiger partial charge is 0.392 e. The summed E-state index contributed by atoms with van der Waals surface area (Å²) in [5.74, 6) is -0.367. The molecule has 4 aliphatic rings. The van der Waals surface area contributed by atoms with Gasteiger partial charge in [-0.15, -0.1) is 0 Å². The lowest BCUT2D eigenvalue weighted by Gasteiger charge is -2.44. The van der Waals surface area contributed by atoms with Crippen LogP contribution in [-0.2, 0) is 14.3 Å². The number of carbonyl (C=O) groups is 2. The monoisotopic (exact) mass is 427 g/mol. The van der Waals surface area contributed by atoms with Gasteiger partial charge >= 0.3 is 0 Å². The third kappa shape index (κ3) is 4.61. The molecule has 168 valence electrons. The zero-order valence-electron chi connectivity index (χ0n) is 18.2. The second kappa shape index (κ2) is 9.23. The van der Waals surface area contributed by atoms with Gasteiger partial charge in [-0.3, -0.25) is 9.59 Å². The second-order valence-electron chi connectivity index (χ2n) is 9.53. The molecule has 0 spiro atoms. The van der Waals surface area contributed by atoms with E-state index in [-0.39, 0.29) is 66.6 Å². The molecule has 4 rings (SSSR count). The summed E-state index contributed by atoms with van der Waals surface area (Å²) in [6.07, 6.45) is 12.4. The maximum absolute atomic E-state index is 12.7. The van der Waals surface area contributed by atoms with Gasteiger partial charge in [0.25, 0.3) is 0 Å². The Balaban J connectivity index is 1.68. The van der Waals surface area contributed by atoms with E-state index in [4.69, 9.17) is 4.74 Å². The van der Waals surface area contributed by atoms with Crippen molar-refractivity contribution >= 4 is 11.7 Å². The number of hydrogen-bond donors (Lipinski definition) is 3. The zero-order valence-corrected chi connectivity index (χ0v) is 18.2. The number of allylic oxidation sites excluding steroid dienone is 6. The van der Waals surface area contributed by atoms with Crippen LogP contribution in [0.25, 0.3) is 0 Å². The van der Waals surface area contributed by atoms with Crippen LogP contribution in [0.15, 0.2) is 48.1 Å². The molecule has 0 unspecified atom stereocenters. The molecule has 3 N–H and O–H groups in total. The van der Waals surface area contributed by atoms with E-state index in [1.165, 1.54) is 0 Å². The molecule has 2 fully saturated rings. The van der Waals surface area contributed by atoms with Gasteiger partial charge in [-0.2, -0.15) is 0 Å². The van der Waals surface area contributed by atoms with E-state index in [2.05, 4.69) is 30.5 Å². The van der Waals surface area contributed by atoms with Crippen molar-refractivity contribution in [2.24, 2.45) is 29.6 Å². The van der Waals surface area contributed by atoms with E-state index in [1.54, 1.807) is 0 Å². The second-order valence-corrected chi connectivity index (χ2v) is 9.53. The molecule has 2 aliphatic carbocycles. The van der Waals surface area contributed by atoms with Crippen LogP contribution in [0.5, 0.6) is 0 Å². The molecule has 9 atom stereocenters. The van der Waals surface area contributed by atoms with Crippen LogP contribution in [0, 0.1) is 29.6 Å². The fourth-order valence-corrected chi connectivity index (χ4v) is 5.73. The predicted molar refractivity (Wildman–Crippen MR) is 117 cm³/mol. The Morgan fingerprint density at radius 1 is 1.03 bits per heavy atom. The number of nitrogens with one attached hydrogen (secondary N) is 1. The summed E-state index contributed by atoms with van der Waals surface area (Å²) >= 11 is 0. The fraction of sp³-hybridized carbons (Fsp3) is 0.600. The molecule has 1 saturated carbocycles. The van der Waals surface area contributed by atoms with Crippen LogP contribution in [0.3, 0.4) is 0 Å². The van der Waals surface area contributed by atoms with Gasteiger partial charge in [0.15, 0.2) is 0 Å². The van der Waals surface area contributed by atoms with Crippen molar-refractivity contribution in [2.75, 3.05) is 6.54 Å². The standard InChI is InChI=1S/C25H33NO5/c1-14-6-4-3-5-7-15(2)17-8-9-18-19(28)12-20(29)25-24(18)23(17)21(31-25)10-16(27)11-22(30)26-13-14/h3-9,14,17-21,23-25,28-29H,10-13H2,1-2H3,(H,26,30)/b5-3-,6-4+,15-7+/t14-,17+,18-,19-,20+,21-,23-,24+,25+/m0/s1. The predicted octanol–water partition coefficient (Wildman–Crippen LogP) is 2.09. The number of carbonyl (C=O) groups excluding carboxylic acids is 2. The Kier molecular flexibility index (Phi) is 6.60. The van der Waals surface area contributed by atoms with Crippen LogP contribution in [0.4, 0.5) is 0 Å². The third-order valence-corrected chi connectivity index (χ3v) is 7.25. The number of aliphatic hydroxyl groups excluding tert-OH is 2. The molecule has 1 amide bonds. The highest BCUT2D eigenvalue weighted by molar-refractivity contribution is 5.98. The van der Waals surface area contributed by atoms with Gasteiger partial charge in [0.05, 0.1) is 30.8 Å². The van der Waals surface area contributed by atoms with Gasteiger partial charge in [0.2, 0.25) is 5.91 Å². The lowest BCUT2D eigenvalue weighted by molar-refractivity contribution is -0.131. The van der Waals surface area contributed by atoms with Crippen molar-refractivity contribution in [2.45, 2.75) is 57.5 Å². The third-order valence-electron chi connectivity index (χ3n) is 7.25. The van der Waals surface area contributed by atoms with Crippen LogP contribution >= 0.6 is 0 Å². The normalized spacial score (nSPS) is 47.1. The number of ether oxygens (including phenoxy) is 1. The summed E-state index contributed by atoms with van der Waals surface area (Å²) in [5, 5.41) is 24.0. The average molecular weight is 428 g/mol. The minimum absolute atomic E-state index is 0.0234. The summed E-state index contributed by atoms with van der Waals surface area (Å²) < 4.78 is 6.28. The maximum atomic E-state index is 12.7. The molecular weight excluding hydrogens is 394 g/mol. The number of ketones is 1. The molecule has 1 saturated heterocycles. The van der Waals surface area contributed by atoms with Crippen LogP contribution < -0.4 is 5.32 Å². The first kappa shape index (κ1) is 22.2. The SMILES string of the molecule is C\C1=C/C=C\C=C\[C@H](C)CNC(=O)CC(=O)C[C@@H]2O[C@H]3[C@@H]4[C@@H](C=C[C@H]1[C@H]42)[C@@H](O)C[C@H]3O. The van der Waals surface area contributed by atoms with E-state index in [0.717, 1.165) is 5.57 Å². The maximum Gasteiger partial charge on any atom is 0.227 e. The van der Waals surface area contributed by atoms with Crippen LogP contribution in [0.2, 0.25) is 0 Å². The number of Topliss-reactive ketones (excluding diaryl/α,β-unsaturated/α-hetero) is 1. The van der Waals surface area contributed by atoms with Gasteiger partial charge < -0.3 is 20.3 Å². The van der Waals surface area contributed by atoms with Crippen molar-refractivity contribution in [1.82, 2.24) is 5.32 Å². The molecule has 6 heteroatoms. The van der Waals surface area contributed by atoms with E-state index in [0.29, 0.717) is 6.54 Å². The lowest BCUT2D eigenvalue weighted by Crippen LogP contribution is -2.50. The van der Waals surface area contributed by atoms with E-state index >= 15 is 0 Å². The lowest BCUT2D eigenvalue weighted by atomic mass is 9.60. The number of hydrogen-bond acceptors (Lipinski definition) is 5. The first-order chi connectivity index (χ1) is 14.8. The quantitative estimate of drug-likeness (QED) is 0.406. The minimum atomic E-state index is -0.751. The molecule has 6 nitrogen and oxygen atoms in total.